The summed E-state index contributed by atoms with van der Waals surface area (Å²) in [6, 6.07) is 14.0. The second-order valence-corrected chi connectivity index (χ2v) is 8.42. The van der Waals surface area contributed by atoms with Gasteiger partial charge in [-0.25, -0.2) is 9.97 Å². The zero-order valence-corrected chi connectivity index (χ0v) is 19.2. The molecule has 5 rings (SSSR count). The average Bonchev–Trinajstić information content (AvgIpc) is 3.49. The number of nitrogens with one attached hydrogen (secondary N) is 2. The van der Waals surface area contributed by atoms with E-state index in [1.165, 1.54) is 6.20 Å². The van der Waals surface area contributed by atoms with E-state index in [9.17, 15) is 4.79 Å². The predicted octanol–water partition coefficient (Wildman–Crippen LogP) is 2.99. The van der Waals surface area contributed by atoms with Crippen LogP contribution in [-0.2, 0) is 13.7 Å². The molecule has 2 aromatic heterocycles. The molecule has 1 aliphatic heterocycles. The molecule has 1 amide bonds. The Bertz CT molecular complexity index is 1290. The molecule has 1 saturated heterocycles. The maximum atomic E-state index is 13.0. The molecule has 3 heterocycles. The number of hydrogen-bond donors (Lipinski definition) is 2. The van der Waals surface area contributed by atoms with Crippen molar-refractivity contribution in [1.29, 1.82) is 0 Å². The molecule has 1 aliphatic rings. The van der Waals surface area contributed by atoms with Crippen LogP contribution >= 0.6 is 0 Å². The van der Waals surface area contributed by atoms with Crippen molar-refractivity contribution < 1.29 is 9.53 Å². The molecule has 1 fully saturated rings. The van der Waals surface area contributed by atoms with Crippen LogP contribution in [0.5, 0.6) is 5.75 Å². The van der Waals surface area contributed by atoms with Gasteiger partial charge in [0.15, 0.2) is 0 Å². The Morgan fingerprint density at radius 3 is 2.76 bits per heavy atom. The topological polar surface area (TPSA) is 97.2 Å². The monoisotopic (exact) mass is 457 g/mol. The van der Waals surface area contributed by atoms with E-state index in [4.69, 9.17) is 4.74 Å². The van der Waals surface area contributed by atoms with Gasteiger partial charge in [0.05, 0.1) is 23.6 Å². The van der Waals surface area contributed by atoms with Gasteiger partial charge in [0.25, 0.3) is 5.91 Å². The fourth-order valence-electron chi connectivity index (χ4n) is 4.12. The van der Waals surface area contributed by atoms with E-state index < -0.39 is 0 Å². The second kappa shape index (κ2) is 9.48. The van der Waals surface area contributed by atoms with E-state index in [2.05, 4.69) is 30.6 Å². The molecule has 2 aromatic carbocycles. The first kappa shape index (κ1) is 21.8. The Balaban J connectivity index is 1.35. The van der Waals surface area contributed by atoms with Crippen molar-refractivity contribution in [3.63, 3.8) is 0 Å². The van der Waals surface area contributed by atoms with Crippen LogP contribution in [0.4, 0.5) is 11.5 Å². The number of likely N-dealkylation sites (N-methyl/N-ethyl adjacent to an activating group) is 1. The number of carbonyl (C=O) groups excluding carboxylic acids is 1. The summed E-state index contributed by atoms with van der Waals surface area (Å²) in [7, 11) is 3.83. The highest BCUT2D eigenvalue weighted by Crippen LogP contribution is 2.31. The molecule has 0 aliphatic carbocycles. The minimum absolute atomic E-state index is 0.244. The molecule has 34 heavy (non-hydrogen) atoms. The fourth-order valence-corrected chi connectivity index (χ4v) is 4.12. The zero-order chi connectivity index (χ0) is 23.5. The van der Waals surface area contributed by atoms with Crippen LogP contribution in [-0.4, -0.2) is 51.8 Å². The van der Waals surface area contributed by atoms with Crippen LogP contribution in [0.1, 0.15) is 22.5 Å². The number of aryl methyl sites for hydroxylation is 1. The van der Waals surface area contributed by atoms with Crippen molar-refractivity contribution in [2.75, 3.05) is 30.4 Å². The SMILES string of the molecule is CN[C@@H]1CCN(c2cnc(C(=O)Nc3cc4cn(C)nc4cc3OCc3ccccc3)cn2)C1. The Hall–Kier alpha value is -3.98. The van der Waals surface area contributed by atoms with Gasteiger partial charge < -0.3 is 20.3 Å². The summed E-state index contributed by atoms with van der Waals surface area (Å²) in [5.41, 5.74) is 2.63. The third kappa shape index (κ3) is 4.69. The van der Waals surface area contributed by atoms with E-state index in [-0.39, 0.29) is 11.6 Å². The number of hydrogen-bond acceptors (Lipinski definition) is 7. The summed E-state index contributed by atoms with van der Waals surface area (Å²) in [5, 5.41) is 11.6. The van der Waals surface area contributed by atoms with Crippen LogP contribution in [0.25, 0.3) is 10.9 Å². The van der Waals surface area contributed by atoms with Gasteiger partial charge in [-0.05, 0) is 25.1 Å². The molecule has 0 bridgehead atoms. The smallest absolute Gasteiger partial charge is 0.275 e. The molecule has 0 radical (unpaired) electrons. The summed E-state index contributed by atoms with van der Waals surface area (Å²) in [4.78, 5) is 24.0. The molecule has 1 atom stereocenters. The van der Waals surface area contributed by atoms with Crippen molar-refractivity contribution in [2.45, 2.75) is 19.1 Å². The molecule has 4 aromatic rings. The normalized spacial score (nSPS) is 15.6. The Kier molecular flexibility index (Phi) is 6.09. The van der Waals surface area contributed by atoms with Crippen molar-refractivity contribution in [3.8, 4) is 5.75 Å². The van der Waals surface area contributed by atoms with Crippen molar-refractivity contribution >= 4 is 28.3 Å². The number of fused-ring (bicyclic) bond motifs is 1. The van der Waals surface area contributed by atoms with Crippen LogP contribution < -0.4 is 20.3 Å². The molecule has 9 nitrogen and oxygen atoms in total. The Morgan fingerprint density at radius 1 is 1.18 bits per heavy atom. The summed E-state index contributed by atoms with van der Waals surface area (Å²) >= 11 is 0. The maximum Gasteiger partial charge on any atom is 0.275 e. The number of benzene rings is 2. The number of amides is 1. The van der Waals surface area contributed by atoms with Gasteiger partial charge in [0.2, 0.25) is 0 Å². The number of anilines is 2. The van der Waals surface area contributed by atoms with Gasteiger partial charge in [0, 0.05) is 43.8 Å². The number of carbonyl (C=O) groups is 1. The zero-order valence-electron chi connectivity index (χ0n) is 19.2. The minimum Gasteiger partial charge on any atom is -0.487 e. The van der Waals surface area contributed by atoms with Gasteiger partial charge in [-0.15, -0.1) is 0 Å². The standard InChI is InChI=1S/C25H27N7O2/c1-26-19-8-9-32(15-19)24-13-27-22(12-28-24)25(33)29-21-10-18-14-31(2)30-20(18)11-23(21)34-16-17-6-4-3-5-7-17/h3-7,10-14,19,26H,8-9,15-16H2,1-2H3,(H,29,33)/t19-/m1/s1. The predicted molar refractivity (Wildman–Crippen MR) is 131 cm³/mol. The molecule has 0 unspecified atom stereocenters. The first-order valence-electron chi connectivity index (χ1n) is 11.3. The van der Waals surface area contributed by atoms with Gasteiger partial charge in [-0.1, -0.05) is 30.3 Å². The number of aromatic nitrogens is 4. The van der Waals surface area contributed by atoms with E-state index in [0.717, 1.165) is 41.8 Å². The Labute approximate surface area is 197 Å². The highest BCUT2D eigenvalue weighted by atomic mass is 16.5. The van der Waals surface area contributed by atoms with Crippen molar-refractivity contribution in [1.82, 2.24) is 25.1 Å². The lowest BCUT2D eigenvalue weighted by atomic mass is 10.2. The highest BCUT2D eigenvalue weighted by molar-refractivity contribution is 6.04. The molecular weight excluding hydrogens is 430 g/mol. The van der Waals surface area contributed by atoms with Crippen LogP contribution in [0.15, 0.2) is 61.1 Å². The lowest BCUT2D eigenvalue weighted by Crippen LogP contribution is -2.30. The second-order valence-electron chi connectivity index (χ2n) is 8.42. The summed E-state index contributed by atoms with van der Waals surface area (Å²) < 4.78 is 7.81. The largest absolute Gasteiger partial charge is 0.487 e. The van der Waals surface area contributed by atoms with Crippen molar-refractivity contribution in [2.24, 2.45) is 7.05 Å². The quantitative estimate of drug-likeness (QED) is 0.440. The number of rotatable bonds is 7. The van der Waals surface area contributed by atoms with Crippen LogP contribution in [0.3, 0.4) is 0 Å². The lowest BCUT2D eigenvalue weighted by molar-refractivity contribution is 0.102. The molecule has 174 valence electrons. The highest BCUT2D eigenvalue weighted by Gasteiger charge is 2.22. The molecular formula is C25H27N7O2. The lowest BCUT2D eigenvalue weighted by Gasteiger charge is -2.17. The first-order valence-corrected chi connectivity index (χ1v) is 11.3. The maximum absolute atomic E-state index is 13.0. The molecule has 0 spiro atoms. The van der Waals surface area contributed by atoms with Crippen LogP contribution in [0, 0.1) is 0 Å². The van der Waals surface area contributed by atoms with Gasteiger partial charge in [-0.3, -0.25) is 9.48 Å². The molecule has 2 N–H and O–H groups in total. The third-order valence-corrected chi connectivity index (χ3v) is 6.00. The first-order chi connectivity index (χ1) is 16.6. The Morgan fingerprint density at radius 2 is 2.03 bits per heavy atom. The fraction of sp³-hybridized carbons (Fsp3) is 0.280. The van der Waals surface area contributed by atoms with E-state index in [0.29, 0.717) is 24.1 Å². The third-order valence-electron chi connectivity index (χ3n) is 6.00. The number of ether oxygens (including phenoxy) is 1. The van der Waals surface area contributed by atoms with Gasteiger partial charge in [-0.2, -0.15) is 5.10 Å². The number of nitrogens with zero attached hydrogens (tertiary/aromatic N) is 5. The van der Waals surface area contributed by atoms with Crippen LogP contribution in [0.2, 0.25) is 0 Å². The molecule has 9 heteroatoms. The molecule has 0 saturated carbocycles. The van der Waals surface area contributed by atoms with E-state index >= 15 is 0 Å². The summed E-state index contributed by atoms with van der Waals surface area (Å²) in [5.74, 6) is 0.975. The van der Waals surface area contributed by atoms with Crippen molar-refractivity contribution in [3.05, 3.63) is 72.3 Å². The summed E-state index contributed by atoms with van der Waals surface area (Å²) in [6.07, 6.45) is 6.13. The van der Waals surface area contributed by atoms with Gasteiger partial charge in [0.1, 0.15) is 23.9 Å². The van der Waals surface area contributed by atoms with E-state index in [1.54, 1.807) is 10.9 Å². The van der Waals surface area contributed by atoms with Gasteiger partial charge >= 0.3 is 0 Å². The minimum atomic E-state index is -0.346. The summed E-state index contributed by atoms with van der Waals surface area (Å²) in [6.45, 7) is 2.17. The average molecular weight is 458 g/mol. The van der Waals surface area contributed by atoms with E-state index in [1.807, 2.05) is 62.8 Å².